The fraction of sp³-hybridized carbons (Fsp3) is 0.0909. The minimum Gasteiger partial charge on any atom is -0.506 e. The van der Waals surface area contributed by atoms with Gasteiger partial charge in [0.1, 0.15) is 11.4 Å². The first-order chi connectivity index (χ1) is 7.26. The van der Waals surface area contributed by atoms with Crippen molar-refractivity contribution in [2.45, 2.75) is 6.92 Å². The second-order valence-corrected chi connectivity index (χ2v) is 2.84. The Hall–Kier alpha value is -1.73. The molecule has 0 saturated heterocycles. The highest BCUT2D eigenvalue weighted by Crippen LogP contribution is 2.07. The fourth-order valence-corrected chi connectivity index (χ4v) is 1.00. The second-order valence-electron chi connectivity index (χ2n) is 2.58. The van der Waals surface area contributed by atoms with Crippen LogP contribution in [0.2, 0.25) is 0 Å². The van der Waals surface area contributed by atoms with Crippen LogP contribution in [0, 0.1) is 11.8 Å². The molecule has 76 valence electrons. The first kappa shape index (κ1) is 11.3. The van der Waals surface area contributed by atoms with Gasteiger partial charge in [0.25, 0.3) is 0 Å². The van der Waals surface area contributed by atoms with Crippen molar-refractivity contribution >= 4 is 18.8 Å². The van der Waals surface area contributed by atoms with E-state index in [1.165, 1.54) is 17.7 Å². The highest BCUT2D eigenvalue weighted by molar-refractivity contribution is 7.83. The van der Waals surface area contributed by atoms with Crippen molar-refractivity contribution in [1.29, 1.82) is 0 Å². The summed E-state index contributed by atoms with van der Waals surface area (Å²) >= 11 is 3.97. The third kappa shape index (κ3) is 3.88. The van der Waals surface area contributed by atoms with E-state index < -0.39 is 0 Å². The highest BCUT2D eigenvalue weighted by Gasteiger charge is 1.90. The number of aliphatic imine (C=N–C) groups is 1. The summed E-state index contributed by atoms with van der Waals surface area (Å²) in [6.45, 7) is 1.80. The lowest BCUT2D eigenvalue weighted by atomic mass is 10.3. The molecule has 0 aliphatic carbocycles. The normalized spacial score (nSPS) is 11.2. The highest BCUT2D eigenvalue weighted by atomic mass is 32.1. The van der Waals surface area contributed by atoms with E-state index in [-0.39, 0.29) is 5.75 Å². The zero-order valence-electron chi connectivity index (χ0n) is 8.18. The maximum atomic E-state index is 9.15. The van der Waals surface area contributed by atoms with Crippen LogP contribution in [0.4, 0.5) is 0 Å². The van der Waals surface area contributed by atoms with E-state index in [9.17, 15) is 0 Å². The zero-order chi connectivity index (χ0) is 11.1. The number of hydrogen-bond acceptors (Lipinski definition) is 4. The van der Waals surface area contributed by atoms with E-state index in [4.69, 9.17) is 5.11 Å². The Balaban J connectivity index is 2.90. The molecule has 0 bridgehead atoms. The average molecular weight is 218 g/mol. The molecule has 0 unspecified atom stereocenters. The van der Waals surface area contributed by atoms with Crippen molar-refractivity contribution in [1.82, 2.24) is 4.98 Å². The van der Waals surface area contributed by atoms with Crippen LogP contribution in [0.15, 0.2) is 34.6 Å². The van der Waals surface area contributed by atoms with Crippen LogP contribution in [0.5, 0.6) is 5.75 Å². The second kappa shape index (κ2) is 5.89. The van der Waals surface area contributed by atoms with Gasteiger partial charge in [-0.3, -0.25) is 9.98 Å². The maximum absolute atomic E-state index is 9.15. The summed E-state index contributed by atoms with van der Waals surface area (Å²) in [6.07, 6.45) is 4.56. The molecule has 0 atom stereocenters. The van der Waals surface area contributed by atoms with Crippen molar-refractivity contribution in [3.8, 4) is 17.6 Å². The van der Waals surface area contributed by atoms with Gasteiger partial charge in [-0.2, -0.15) is 0 Å². The standard InChI is InChI=1S/C11H10N2OS/c1-2-13-10(8-15)4-3-9-5-11(14)7-12-6-9/h2,5-8,14-15H,1H3/b10-8-,13-2?. The van der Waals surface area contributed by atoms with Crippen molar-refractivity contribution in [3.63, 3.8) is 0 Å². The molecule has 0 aliphatic heterocycles. The van der Waals surface area contributed by atoms with Crippen LogP contribution in [0.3, 0.4) is 0 Å². The van der Waals surface area contributed by atoms with Gasteiger partial charge in [-0.05, 0) is 18.9 Å². The molecule has 15 heavy (non-hydrogen) atoms. The van der Waals surface area contributed by atoms with Crippen LogP contribution in [-0.4, -0.2) is 16.3 Å². The Bertz CT molecular complexity index is 455. The topological polar surface area (TPSA) is 45.5 Å². The maximum Gasteiger partial charge on any atom is 0.135 e. The summed E-state index contributed by atoms with van der Waals surface area (Å²) in [4.78, 5) is 7.79. The Morgan fingerprint density at radius 2 is 2.40 bits per heavy atom. The van der Waals surface area contributed by atoms with E-state index in [1.54, 1.807) is 19.3 Å². The smallest absolute Gasteiger partial charge is 0.135 e. The van der Waals surface area contributed by atoms with Gasteiger partial charge in [0.05, 0.1) is 6.20 Å². The van der Waals surface area contributed by atoms with E-state index in [1.807, 2.05) is 0 Å². The molecular weight excluding hydrogens is 208 g/mol. The minimum absolute atomic E-state index is 0.0946. The van der Waals surface area contributed by atoms with Gasteiger partial charge in [0.15, 0.2) is 0 Å². The van der Waals surface area contributed by atoms with Crippen LogP contribution < -0.4 is 0 Å². The van der Waals surface area contributed by atoms with Crippen molar-refractivity contribution in [2.24, 2.45) is 4.99 Å². The Labute approximate surface area is 94.0 Å². The number of aromatic hydroxyl groups is 1. The van der Waals surface area contributed by atoms with Crippen molar-refractivity contribution in [3.05, 3.63) is 35.1 Å². The van der Waals surface area contributed by atoms with Gasteiger partial charge in [-0.15, -0.1) is 12.6 Å². The number of aromatic nitrogens is 1. The predicted octanol–water partition coefficient (Wildman–Crippen LogP) is 2.00. The molecule has 1 aromatic heterocycles. The molecule has 1 N–H and O–H groups in total. The average Bonchev–Trinajstić information content (AvgIpc) is 2.24. The Kier molecular flexibility index (Phi) is 4.45. The van der Waals surface area contributed by atoms with Crippen LogP contribution >= 0.6 is 12.6 Å². The van der Waals surface area contributed by atoms with Gasteiger partial charge >= 0.3 is 0 Å². The molecule has 1 aromatic rings. The molecule has 0 saturated carbocycles. The van der Waals surface area contributed by atoms with E-state index in [0.29, 0.717) is 11.3 Å². The lowest BCUT2D eigenvalue weighted by Crippen LogP contribution is -1.78. The molecule has 1 heterocycles. The summed E-state index contributed by atoms with van der Waals surface area (Å²) in [5.41, 5.74) is 1.19. The minimum atomic E-state index is 0.0946. The SMILES string of the molecule is CC=N/C(C#Cc1cncc(O)c1)=C\S. The van der Waals surface area contributed by atoms with Gasteiger partial charge in [0.2, 0.25) is 0 Å². The number of nitrogens with zero attached hydrogens (tertiary/aromatic N) is 2. The van der Waals surface area contributed by atoms with Crippen LogP contribution in [0.1, 0.15) is 12.5 Å². The molecule has 0 aliphatic rings. The number of allylic oxidation sites excluding steroid dienone is 1. The first-order valence-corrected chi connectivity index (χ1v) is 4.77. The van der Waals surface area contributed by atoms with E-state index in [2.05, 4.69) is 34.4 Å². The van der Waals surface area contributed by atoms with E-state index >= 15 is 0 Å². The summed E-state index contributed by atoms with van der Waals surface area (Å²) in [6, 6.07) is 1.53. The van der Waals surface area contributed by atoms with E-state index in [0.717, 1.165) is 0 Å². The van der Waals surface area contributed by atoms with Gasteiger partial charge < -0.3 is 5.11 Å². The molecule has 0 radical (unpaired) electrons. The fourth-order valence-electron chi connectivity index (χ4n) is 0.869. The predicted molar refractivity (Wildman–Crippen MR) is 64.0 cm³/mol. The van der Waals surface area contributed by atoms with Crippen LogP contribution in [0.25, 0.3) is 0 Å². The number of pyridine rings is 1. The molecule has 4 heteroatoms. The lowest BCUT2D eigenvalue weighted by molar-refractivity contribution is 0.472. The molecule has 0 amide bonds. The number of thiol groups is 1. The van der Waals surface area contributed by atoms with Gasteiger partial charge in [0, 0.05) is 23.4 Å². The Morgan fingerprint density at radius 3 is 3.00 bits per heavy atom. The lowest BCUT2D eigenvalue weighted by Gasteiger charge is -1.91. The van der Waals surface area contributed by atoms with Crippen molar-refractivity contribution < 1.29 is 5.11 Å². The molecular formula is C11H10N2OS. The number of rotatable bonds is 1. The summed E-state index contributed by atoms with van der Waals surface area (Å²) in [5.74, 6) is 5.71. The van der Waals surface area contributed by atoms with Crippen molar-refractivity contribution in [2.75, 3.05) is 0 Å². The third-order valence-corrected chi connectivity index (χ3v) is 1.69. The Morgan fingerprint density at radius 1 is 1.60 bits per heavy atom. The molecule has 1 rings (SSSR count). The largest absolute Gasteiger partial charge is 0.506 e. The quantitative estimate of drug-likeness (QED) is 0.430. The molecule has 3 nitrogen and oxygen atoms in total. The van der Waals surface area contributed by atoms with Crippen LogP contribution in [-0.2, 0) is 0 Å². The summed E-state index contributed by atoms with van der Waals surface area (Å²) in [7, 11) is 0. The van der Waals surface area contributed by atoms with Gasteiger partial charge in [-0.1, -0.05) is 5.92 Å². The summed E-state index contributed by atoms with van der Waals surface area (Å²) < 4.78 is 0. The van der Waals surface area contributed by atoms with Gasteiger partial charge in [-0.25, -0.2) is 0 Å². The number of hydrogen-bond donors (Lipinski definition) is 2. The molecule has 0 aromatic carbocycles. The molecule has 0 fully saturated rings. The summed E-state index contributed by atoms with van der Waals surface area (Å²) in [5, 5.41) is 10.7. The third-order valence-electron chi connectivity index (χ3n) is 1.45. The zero-order valence-corrected chi connectivity index (χ0v) is 9.07. The first-order valence-electron chi connectivity index (χ1n) is 4.25. The monoisotopic (exact) mass is 218 g/mol. The molecule has 0 spiro atoms.